The van der Waals surface area contributed by atoms with Crippen molar-refractivity contribution in [2.45, 2.75) is 134 Å². The maximum atomic E-state index is 13.2. The van der Waals surface area contributed by atoms with Gasteiger partial charge in [-0.15, -0.1) is 13.2 Å². The number of piperidine rings is 2. The molecular formula is C107H114N4O5. The maximum Gasteiger partial charge on any atom is 0.231 e. The lowest BCUT2D eigenvalue weighted by Gasteiger charge is -2.40. The van der Waals surface area contributed by atoms with Gasteiger partial charge in [-0.25, -0.2) is 0 Å². The quantitative estimate of drug-likeness (QED) is 0.0627. The molecular weight excluding hydrogens is 1420 g/mol. The van der Waals surface area contributed by atoms with Crippen LogP contribution in [0.15, 0.2) is 389 Å². The third-order valence-electron chi connectivity index (χ3n) is 21.5. The molecule has 0 saturated carbocycles. The van der Waals surface area contributed by atoms with Gasteiger partial charge in [-0.2, -0.15) is 0 Å². The van der Waals surface area contributed by atoms with Gasteiger partial charge in [0.15, 0.2) is 11.6 Å². The molecule has 2 fully saturated rings. The van der Waals surface area contributed by atoms with Gasteiger partial charge in [0.25, 0.3) is 0 Å². The fourth-order valence-electron chi connectivity index (χ4n) is 15.8. The van der Waals surface area contributed by atoms with Gasteiger partial charge in [0, 0.05) is 56.0 Å². The molecule has 0 radical (unpaired) electrons. The van der Waals surface area contributed by atoms with Crippen molar-refractivity contribution in [2.24, 2.45) is 11.8 Å². The summed E-state index contributed by atoms with van der Waals surface area (Å²) in [7, 11) is 0. The number of amides is 3. The minimum absolute atomic E-state index is 0.0175. The fourth-order valence-corrected chi connectivity index (χ4v) is 15.8. The summed E-state index contributed by atoms with van der Waals surface area (Å²) >= 11 is 0. The van der Waals surface area contributed by atoms with Gasteiger partial charge in [0.05, 0.1) is 25.3 Å². The van der Waals surface area contributed by atoms with Crippen LogP contribution in [0.3, 0.4) is 0 Å². The van der Waals surface area contributed by atoms with Crippen molar-refractivity contribution in [3.8, 4) is 0 Å². The Morgan fingerprint density at radius 3 is 1.17 bits per heavy atom. The average Bonchev–Trinajstić information content (AvgIpc) is 0.777. The van der Waals surface area contributed by atoms with E-state index in [0.717, 1.165) is 71.5 Å². The Bertz CT molecular complexity index is 4790. The average molecular weight is 1540 g/mol. The smallest absolute Gasteiger partial charge is 0.231 e. The Balaban J connectivity index is 0.000000160. The number of rotatable bonds is 22. The molecule has 11 aromatic rings. The molecule has 4 aliphatic rings. The van der Waals surface area contributed by atoms with Crippen LogP contribution in [-0.4, -0.2) is 92.7 Å². The summed E-state index contributed by atoms with van der Waals surface area (Å²) in [6.45, 7) is 13.7. The predicted octanol–water partition coefficient (Wildman–Crippen LogP) is 21.5. The van der Waals surface area contributed by atoms with E-state index in [2.05, 4.69) is 181 Å². The molecule has 0 aromatic heterocycles. The fraction of sp³-hybridized carbons (Fsp3) is 0.243. The van der Waals surface area contributed by atoms with Crippen LogP contribution in [0.1, 0.15) is 107 Å². The van der Waals surface area contributed by atoms with Crippen LogP contribution in [0.4, 0.5) is 0 Å². The van der Waals surface area contributed by atoms with Gasteiger partial charge in [0.2, 0.25) is 17.7 Å². The Kier molecular flexibility index (Phi) is 35.8. The van der Waals surface area contributed by atoms with Crippen LogP contribution < -0.4 is 0 Å². The Morgan fingerprint density at radius 2 is 0.724 bits per heavy atom. The van der Waals surface area contributed by atoms with Gasteiger partial charge in [-0.1, -0.05) is 357 Å². The van der Waals surface area contributed by atoms with Crippen molar-refractivity contribution in [2.75, 3.05) is 19.6 Å². The number of ketones is 2. The lowest BCUT2D eigenvalue weighted by molar-refractivity contribution is -0.134. The molecule has 4 heterocycles. The standard InChI is InChI=1S/C27H25NO2.C27H27NO.C27H31N.C20H19NO2.2C3H6/c29-26-16-17-28(27(30)20-23-14-8-3-9-15-23)25(19-22-12-6-2-7-13-22)24(26)18-21-10-4-1-5-11-21;29-27(21-24-14-8-3-9-15-24)28-17-16-25(18-22-10-4-1-5-11-22)20-26(28)19-23-12-6-2-7-13-23;1-4-10-23(11-5-1)16-18-28-19-17-26(20-24-12-6-2-7-13-24)22-27(28)21-25-14-8-3-9-15-25;22-19-11-12-21(20(23)14-17-9-5-2-6-10-17)18(15-19)13-16-7-3-1-4-8-16;2*1-3-2/h1-17,24-25H,18-20H2;1-15,18,26H,16-17,19-21H2;1-15,26-27H,16-22H2;1-12,18H,13-15H2;2*3H,1H2,2H3/b;25-18+;;;;/t;;26-,27-;;;/m..0.../s1. The third kappa shape index (κ3) is 29.0. The minimum Gasteiger partial charge on any atom is -0.338 e. The second-order valence-corrected chi connectivity index (χ2v) is 30.3. The normalized spacial score (nSPS) is 17.8. The molecule has 116 heavy (non-hydrogen) atoms. The topological polar surface area (TPSA) is 98.3 Å². The van der Waals surface area contributed by atoms with E-state index >= 15 is 0 Å². The van der Waals surface area contributed by atoms with Gasteiger partial charge in [0.1, 0.15) is 0 Å². The molecule has 0 spiro atoms. The summed E-state index contributed by atoms with van der Waals surface area (Å²) in [5.74, 6) is 0.973. The van der Waals surface area contributed by atoms with E-state index in [9.17, 15) is 24.0 Å². The van der Waals surface area contributed by atoms with Crippen molar-refractivity contribution in [1.29, 1.82) is 0 Å². The number of nitrogens with zero attached hydrogens (tertiary/aromatic N) is 4. The van der Waals surface area contributed by atoms with Crippen molar-refractivity contribution in [3.05, 3.63) is 450 Å². The largest absolute Gasteiger partial charge is 0.338 e. The molecule has 0 N–H and O–H groups in total. The number of allylic oxidation sites excluding steroid dienone is 4. The van der Waals surface area contributed by atoms with Crippen LogP contribution >= 0.6 is 0 Å². The Morgan fingerprint density at radius 1 is 0.371 bits per heavy atom. The maximum absolute atomic E-state index is 13.2. The molecule has 9 heteroatoms. The summed E-state index contributed by atoms with van der Waals surface area (Å²) in [6, 6.07) is 114. The summed E-state index contributed by atoms with van der Waals surface area (Å²) in [4.78, 5) is 72.1. The number of hydrogen-bond acceptors (Lipinski definition) is 6. The van der Waals surface area contributed by atoms with E-state index in [4.69, 9.17) is 0 Å². The first-order chi connectivity index (χ1) is 56.9. The van der Waals surface area contributed by atoms with Crippen LogP contribution in [0.25, 0.3) is 6.08 Å². The Hall–Kier alpha value is -12.2. The number of carbonyl (C=O) groups excluding carboxylic acids is 5. The first-order valence-electron chi connectivity index (χ1n) is 41.3. The van der Waals surface area contributed by atoms with Crippen molar-refractivity contribution >= 4 is 35.4 Å². The number of benzene rings is 11. The lowest BCUT2D eigenvalue weighted by atomic mass is 9.82. The molecule has 4 aliphatic heterocycles. The zero-order valence-electron chi connectivity index (χ0n) is 67.7. The third-order valence-corrected chi connectivity index (χ3v) is 21.5. The van der Waals surface area contributed by atoms with E-state index in [0.29, 0.717) is 51.0 Å². The zero-order chi connectivity index (χ0) is 81.2. The van der Waals surface area contributed by atoms with E-state index in [1.165, 1.54) is 78.2 Å². The molecule has 11 aromatic carbocycles. The monoisotopic (exact) mass is 1530 g/mol. The number of carbonyl (C=O) groups is 5. The number of hydrogen-bond donors (Lipinski definition) is 0. The molecule has 592 valence electrons. The van der Waals surface area contributed by atoms with Crippen molar-refractivity contribution in [1.82, 2.24) is 19.6 Å². The molecule has 4 unspecified atom stereocenters. The molecule has 3 amide bonds. The van der Waals surface area contributed by atoms with Crippen LogP contribution in [0.5, 0.6) is 0 Å². The predicted molar refractivity (Wildman–Crippen MR) is 478 cm³/mol. The van der Waals surface area contributed by atoms with Gasteiger partial charge in [-0.3, -0.25) is 28.9 Å². The van der Waals surface area contributed by atoms with Crippen LogP contribution in [0, 0.1) is 11.8 Å². The molecule has 15 rings (SSSR count). The number of likely N-dealkylation sites (tertiary alicyclic amines) is 2. The highest BCUT2D eigenvalue weighted by Crippen LogP contribution is 2.32. The second-order valence-electron chi connectivity index (χ2n) is 30.3. The summed E-state index contributed by atoms with van der Waals surface area (Å²) < 4.78 is 0. The van der Waals surface area contributed by atoms with Crippen LogP contribution in [0.2, 0.25) is 0 Å². The Labute approximate surface area is 690 Å². The highest BCUT2D eigenvalue weighted by atomic mass is 16.2. The molecule has 0 bridgehead atoms. The lowest BCUT2D eigenvalue weighted by Crippen LogP contribution is -2.49. The molecule has 6 atom stereocenters. The second kappa shape index (κ2) is 48.1. The summed E-state index contributed by atoms with van der Waals surface area (Å²) in [5.41, 5.74) is 14.8. The van der Waals surface area contributed by atoms with Crippen molar-refractivity contribution in [3.63, 3.8) is 0 Å². The molecule has 9 nitrogen and oxygen atoms in total. The first-order valence-corrected chi connectivity index (χ1v) is 41.3. The van der Waals surface area contributed by atoms with Crippen LogP contribution in [-0.2, 0) is 88.2 Å². The summed E-state index contributed by atoms with van der Waals surface area (Å²) in [6.07, 6.45) is 24.6. The molecule has 0 aliphatic carbocycles. The van der Waals surface area contributed by atoms with Gasteiger partial charge in [-0.05, 0) is 170 Å². The first kappa shape index (κ1) is 86.2. The highest BCUT2D eigenvalue weighted by Gasteiger charge is 2.37. The van der Waals surface area contributed by atoms with E-state index in [-0.39, 0.29) is 53.3 Å². The van der Waals surface area contributed by atoms with E-state index in [1.54, 1.807) is 40.4 Å². The SMILES string of the molecule is C=CC.C=CC.O=C(Cc1ccccc1)N1CC/C(=C\c2ccccc2)CC1Cc1ccccc1.O=C1C=CN(C(=O)Cc2ccccc2)C(Cc2ccccc2)C1.O=C1C=CN(C(=O)Cc2ccccc2)C(Cc2ccccc2)C1Cc1ccccc1.c1ccc(CCN2CC[C@@H](Cc3ccccc3)C[C@@H]2Cc2ccccc2)cc1. The van der Waals surface area contributed by atoms with Crippen molar-refractivity contribution < 1.29 is 24.0 Å². The van der Waals surface area contributed by atoms with E-state index < -0.39 is 0 Å². The van der Waals surface area contributed by atoms with Gasteiger partial charge >= 0.3 is 0 Å². The molecule has 2 saturated heterocycles. The summed E-state index contributed by atoms with van der Waals surface area (Å²) in [5, 5.41) is 0. The minimum atomic E-state index is -0.266. The highest BCUT2D eigenvalue weighted by molar-refractivity contribution is 5.95. The van der Waals surface area contributed by atoms with E-state index in [1.807, 2.05) is 196 Å². The van der Waals surface area contributed by atoms with Gasteiger partial charge < -0.3 is 14.7 Å². The zero-order valence-corrected chi connectivity index (χ0v) is 67.7.